The molecular weight excluding hydrogens is 342 g/mol. The van der Waals surface area contributed by atoms with Crippen molar-refractivity contribution in [2.24, 2.45) is 0 Å². The second-order valence-corrected chi connectivity index (χ2v) is 8.02. The molecule has 138 valence electrons. The number of hydrogen-bond donors (Lipinski definition) is 0. The average Bonchev–Trinajstić information content (AvgIpc) is 2.63. The molecular formula is C22H27NO2S. The fourth-order valence-corrected chi connectivity index (χ4v) is 4.35. The molecule has 0 aliphatic heterocycles. The van der Waals surface area contributed by atoms with E-state index in [2.05, 4.69) is 35.3 Å². The van der Waals surface area contributed by atoms with Gasteiger partial charge in [-0.25, -0.2) is 4.98 Å². The first-order chi connectivity index (χ1) is 12.8. The van der Waals surface area contributed by atoms with Crippen LogP contribution in [0.25, 0.3) is 11.1 Å². The Hall–Kier alpha value is -1.81. The van der Waals surface area contributed by atoms with Gasteiger partial charge in [0.2, 0.25) is 0 Å². The number of benzene rings is 1. The van der Waals surface area contributed by atoms with E-state index < -0.39 is 0 Å². The van der Waals surface area contributed by atoms with E-state index in [9.17, 15) is 4.79 Å². The molecule has 2 aromatic rings. The smallest absolute Gasteiger partial charge is 0.305 e. The predicted octanol–water partition coefficient (Wildman–Crippen LogP) is 5.67. The van der Waals surface area contributed by atoms with Crippen molar-refractivity contribution in [3.05, 3.63) is 48.2 Å². The van der Waals surface area contributed by atoms with Gasteiger partial charge in [-0.1, -0.05) is 36.8 Å². The number of carbonyl (C=O) groups is 1. The van der Waals surface area contributed by atoms with Crippen molar-refractivity contribution in [1.82, 2.24) is 4.98 Å². The minimum absolute atomic E-state index is 0.0871. The van der Waals surface area contributed by atoms with Gasteiger partial charge in [-0.15, -0.1) is 11.8 Å². The van der Waals surface area contributed by atoms with Crippen LogP contribution in [0.15, 0.2) is 47.6 Å². The standard InChI is InChI=1S/C22H27NO2S/c1-2-25-21(24)11-4-3-7-17-12-14-18(15-13-17)20-10-6-16-23-22(20)26-19-8-5-9-19/h6,10,12-16,19H,2-5,7-9,11H2,1H3. The maximum absolute atomic E-state index is 11.4. The van der Waals surface area contributed by atoms with E-state index in [4.69, 9.17) is 4.74 Å². The number of aromatic nitrogens is 1. The Kier molecular flexibility index (Phi) is 7.13. The van der Waals surface area contributed by atoms with Gasteiger partial charge in [0.25, 0.3) is 0 Å². The van der Waals surface area contributed by atoms with E-state index in [1.165, 1.54) is 36.0 Å². The van der Waals surface area contributed by atoms with Crippen molar-refractivity contribution in [2.45, 2.75) is 62.1 Å². The van der Waals surface area contributed by atoms with Gasteiger partial charge in [0.15, 0.2) is 0 Å². The summed E-state index contributed by atoms with van der Waals surface area (Å²) in [6.07, 6.45) is 9.27. The van der Waals surface area contributed by atoms with E-state index in [0.717, 1.165) is 29.5 Å². The maximum Gasteiger partial charge on any atom is 0.305 e. The zero-order valence-corrected chi connectivity index (χ0v) is 16.3. The van der Waals surface area contributed by atoms with Gasteiger partial charge in [-0.2, -0.15) is 0 Å². The Balaban J connectivity index is 1.55. The summed E-state index contributed by atoms with van der Waals surface area (Å²) in [5, 5.41) is 1.89. The average molecular weight is 370 g/mol. The molecule has 1 saturated carbocycles. The summed E-state index contributed by atoms with van der Waals surface area (Å²) in [6, 6.07) is 13.0. The van der Waals surface area contributed by atoms with Crippen LogP contribution in [0.5, 0.6) is 0 Å². The summed E-state index contributed by atoms with van der Waals surface area (Å²) < 4.78 is 4.96. The van der Waals surface area contributed by atoms with Crippen LogP contribution in [-0.4, -0.2) is 22.8 Å². The lowest BCUT2D eigenvalue weighted by molar-refractivity contribution is -0.143. The molecule has 0 spiro atoms. The molecule has 1 fully saturated rings. The molecule has 1 aromatic carbocycles. The lowest BCUT2D eigenvalue weighted by atomic mass is 10.00. The third-order valence-electron chi connectivity index (χ3n) is 4.77. The maximum atomic E-state index is 11.4. The molecule has 1 heterocycles. The number of hydrogen-bond acceptors (Lipinski definition) is 4. The van der Waals surface area contributed by atoms with Crippen molar-refractivity contribution >= 4 is 17.7 Å². The zero-order valence-electron chi connectivity index (χ0n) is 15.4. The Morgan fingerprint density at radius 1 is 1.19 bits per heavy atom. The Labute approximate surface area is 160 Å². The van der Waals surface area contributed by atoms with Crippen LogP contribution < -0.4 is 0 Å². The molecule has 1 aliphatic rings. The van der Waals surface area contributed by atoms with E-state index in [1.54, 1.807) is 0 Å². The highest BCUT2D eigenvalue weighted by molar-refractivity contribution is 8.00. The molecule has 0 N–H and O–H groups in total. The lowest BCUT2D eigenvalue weighted by Crippen LogP contribution is -2.13. The highest BCUT2D eigenvalue weighted by Crippen LogP contribution is 2.39. The van der Waals surface area contributed by atoms with Gasteiger partial charge >= 0.3 is 5.97 Å². The van der Waals surface area contributed by atoms with Crippen molar-refractivity contribution < 1.29 is 9.53 Å². The number of rotatable bonds is 9. The van der Waals surface area contributed by atoms with Gasteiger partial charge < -0.3 is 4.74 Å². The number of unbranched alkanes of at least 4 members (excludes halogenated alkanes) is 1. The van der Waals surface area contributed by atoms with Crippen LogP contribution in [0, 0.1) is 0 Å². The molecule has 0 radical (unpaired) electrons. The number of nitrogens with zero attached hydrogens (tertiary/aromatic N) is 1. The molecule has 3 rings (SSSR count). The predicted molar refractivity (Wildman–Crippen MR) is 107 cm³/mol. The largest absolute Gasteiger partial charge is 0.466 e. The number of aryl methyl sites for hydroxylation is 1. The van der Waals surface area contributed by atoms with Crippen molar-refractivity contribution in [2.75, 3.05) is 6.61 Å². The van der Waals surface area contributed by atoms with Gasteiger partial charge in [0.05, 0.1) is 6.61 Å². The van der Waals surface area contributed by atoms with Crippen LogP contribution in [0.1, 0.15) is 51.0 Å². The third kappa shape index (κ3) is 5.34. The molecule has 1 aliphatic carbocycles. The van der Waals surface area contributed by atoms with Crippen LogP contribution in [-0.2, 0) is 16.0 Å². The van der Waals surface area contributed by atoms with Crippen molar-refractivity contribution in [3.8, 4) is 11.1 Å². The van der Waals surface area contributed by atoms with Gasteiger partial charge in [0.1, 0.15) is 5.03 Å². The second kappa shape index (κ2) is 9.77. The molecule has 26 heavy (non-hydrogen) atoms. The first kappa shape index (κ1) is 19.0. The third-order valence-corrected chi connectivity index (χ3v) is 6.12. The topological polar surface area (TPSA) is 39.2 Å². The summed E-state index contributed by atoms with van der Waals surface area (Å²) in [5.41, 5.74) is 3.78. The molecule has 3 nitrogen and oxygen atoms in total. The quantitative estimate of drug-likeness (QED) is 0.422. The summed E-state index contributed by atoms with van der Waals surface area (Å²) in [6.45, 7) is 2.31. The summed E-state index contributed by atoms with van der Waals surface area (Å²) in [5.74, 6) is -0.0871. The molecule has 1 aromatic heterocycles. The molecule has 4 heteroatoms. The number of esters is 1. The molecule has 0 atom stereocenters. The lowest BCUT2D eigenvalue weighted by Gasteiger charge is -2.24. The molecule has 0 unspecified atom stereocenters. The van der Waals surface area contributed by atoms with E-state index >= 15 is 0 Å². The fourth-order valence-electron chi connectivity index (χ4n) is 3.03. The highest BCUT2D eigenvalue weighted by atomic mass is 32.2. The SMILES string of the molecule is CCOC(=O)CCCCc1ccc(-c2cccnc2SC2CCC2)cc1. The highest BCUT2D eigenvalue weighted by Gasteiger charge is 2.20. The van der Waals surface area contributed by atoms with Crippen LogP contribution in [0.4, 0.5) is 0 Å². The van der Waals surface area contributed by atoms with Gasteiger partial charge in [0, 0.05) is 23.4 Å². The minimum Gasteiger partial charge on any atom is -0.466 e. The number of pyridine rings is 1. The second-order valence-electron chi connectivity index (χ2n) is 6.74. The summed E-state index contributed by atoms with van der Waals surface area (Å²) in [7, 11) is 0. The zero-order chi connectivity index (χ0) is 18.2. The van der Waals surface area contributed by atoms with Gasteiger partial charge in [-0.05, 0) is 56.2 Å². The summed E-state index contributed by atoms with van der Waals surface area (Å²) >= 11 is 1.92. The Bertz CT molecular complexity index is 710. The normalized spacial score (nSPS) is 14.0. The molecule has 0 amide bonds. The van der Waals surface area contributed by atoms with Crippen molar-refractivity contribution in [3.63, 3.8) is 0 Å². The van der Waals surface area contributed by atoms with E-state index in [-0.39, 0.29) is 5.97 Å². The number of ether oxygens (including phenoxy) is 1. The monoisotopic (exact) mass is 369 g/mol. The van der Waals surface area contributed by atoms with E-state index in [0.29, 0.717) is 13.0 Å². The van der Waals surface area contributed by atoms with Crippen LogP contribution in [0.2, 0.25) is 0 Å². The first-order valence-corrected chi connectivity index (χ1v) is 10.5. The molecule has 0 saturated heterocycles. The minimum atomic E-state index is -0.0871. The molecule has 0 bridgehead atoms. The van der Waals surface area contributed by atoms with Crippen LogP contribution >= 0.6 is 11.8 Å². The summed E-state index contributed by atoms with van der Waals surface area (Å²) in [4.78, 5) is 16.0. The number of carbonyl (C=O) groups excluding carboxylic acids is 1. The van der Waals surface area contributed by atoms with Gasteiger partial charge in [-0.3, -0.25) is 4.79 Å². The fraction of sp³-hybridized carbons (Fsp3) is 0.455. The Morgan fingerprint density at radius 2 is 2.00 bits per heavy atom. The van der Waals surface area contributed by atoms with E-state index in [1.807, 2.05) is 30.9 Å². The van der Waals surface area contributed by atoms with Crippen molar-refractivity contribution in [1.29, 1.82) is 0 Å². The van der Waals surface area contributed by atoms with Crippen LogP contribution in [0.3, 0.4) is 0 Å². The first-order valence-electron chi connectivity index (χ1n) is 9.63. The number of thioether (sulfide) groups is 1. The Morgan fingerprint density at radius 3 is 2.69 bits per heavy atom.